The quantitative estimate of drug-likeness (QED) is 0.905. The van der Waals surface area contributed by atoms with Gasteiger partial charge in [0.2, 0.25) is 0 Å². The fourth-order valence-corrected chi connectivity index (χ4v) is 3.31. The first kappa shape index (κ1) is 14.3. The molecular weight excluding hydrogens is 234 g/mol. The third-order valence-corrected chi connectivity index (χ3v) is 4.57. The van der Waals surface area contributed by atoms with Crippen LogP contribution in [0.1, 0.15) is 49.3 Å². The molecule has 0 saturated heterocycles. The zero-order valence-electron chi connectivity index (χ0n) is 12.3. The van der Waals surface area contributed by atoms with Crippen molar-refractivity contribution in [1.29, 1.82) is 0 Å². The van der Waals surface area contributed by atoms with Gasteiger partial charge in [0.1, 0.15) is 0 Å². The molecule has 1 aliphatic carbocycles. The molecule has 2 atom stereocenters. The highest BCUT2D eigenvalue weighted by molar-refractivity contribution is 5.90. The first-order chi connectivity index (χ1) is 8.92. The lowest BCUT2D eigenvalue weighted by Gasteiger charge is -2.35. The molecule has 0 radical (unpaired) electrons. The minimum atomic E-state index is -0.591. The fourth-order valence-electron chi connectivity index (χ4n) is 3.31. The van der Waals surface area contributed by atoms with Gasteiger partial charge in [0, 0.05) is 6.42 Å². The Kier molecular flexibility index (Phi) is 4.10. The number of rotatable bonds is 3. The summed E-state index contributed by atoms with van der Waals surface area (Å²) in [5.41, 5.74) is 9.35. The van der Waals surface area contributed by atoms with Crippen LogP contribution in [0.25, 0.3) is 0 Å². The van der Waals surface area contributed by atoms with Crippen LogP contribution in [-0.2, 0) is 11.2 Å². The number of Topliss-reactive ketones (excluding diaryl/α,β-unsaturated/α-hetero) is 1. The Balaban J connectivity index is 2.17. The lowest BCUT2D eigenvalue weighted by Crippen LogP contribution is -2.51. The average molecular weight is 259 g/mol. The third kappa shape index (κ3) is 3.06. The molecule has 0 amide bonds. The predicted octanol–water partition coefficient (Wildman–Crippen LogP) is 3.32. The molecule has 1 saturated carbocycles. The predicted molar refractivity (Wildman–Crippen MR) is 79.2 cm³/mol. The molecule has 2 rings (SSSR count). The molecule has 2 nitrogen and oxygen atoms in total. The molecule has 0 spiro atoms. The summed E-state index contributed by atoms with van der Waals surface area (Å²) in [5, 5.41) is 0. The van der Waals surface area contributed by atoms with Gasteiger partial charge in [-0.1, -0.05) is 38.0 Å². The number of aryl methyl sites for hydroxylation is 2. The van der Waals surface area contributed by atoms with Crippen molar-refractivity contribution in [1.82, 2.24) is 0 Å². The summed E-state index contributed by atoms with van der Waals surface area (Å²) in [6.45, 7) is 6.34. The number of hydrogen-bond acceptors (Lipinski definition) is 2. The molecule has 0 bridgehead atoms. The van der Waals surface area contributed by atoms with Crippen molar-refractivity contribution in [2.24, 2.45) is 11.7 Å². The van der Waals surface area contributed by atoms with Gasteiger partial charge in [-0.05, 0) is 49.3 Å². The molecule has 2 heteroatoms. The number of nitrogens with two attached hydrogens (primary N) is 1. The van der Waals surface area contributed by atoms with Crippen LogP contribution in [-0.4, -0.2) is 11.3 Å². The van der Waals surface area contributed by atoms with E-state index in [1.165, 1.54) is 17.5 Å². The Morgan fingerprint density at radius 1 is 1.37 bits per heavy atom. The Hall–Kier alpha value is -1.15. The molecule has 1 fully saturated rings. The summed E-state index contributed by atoms with van der Waals surface area (Å²) in [4.78, 5) is 12.6. The molecule has 0 aromatic heterocycles. The summed E-state index contributed by atoms with van der Waals surface area (Å²) in [5.74, 6) is 0.789. The zero-order valence-corrected chi connectivity index (χ0v) is 12.3. The van der Waals surface area contributed by atoms with Gasteiger partial charge in [-0.25, -0.2) is 0 Å². The van der Waals surface area contributed by atoms with E-state index in [4.69, 9.17) is 5.73 Å². The smallest absolute Gasteiger partial charge is 0.157 e. The van der Waals surface area contributed by atoms with Crippen LogP contribution in [0.4, 0.5) is 0 Å². The number of hydrogen-bond donors (Lipinski definition) is 1. The molecule has 104 valence electrons. The van der Waals surface area contributed by atoms with E-state index in [1.807, 2.05) is 6.07 Å². The van der Waals surface area contributed by atoms with Gasteiger partial charge in [0.05, 0.1) is 5.54 Å². The van der Waals surface area contributed by atoms with Crippen molar-refractivity contribution in [2.75, 3.05) is 0 Å². The molecule has 19 heavy (non-hydrogen) atoms. The second-order valence-corrected chi connectivity index (χ2v) is 6.33. The summed E-state index contributed by atoms with van der Waals surface area (Å²) in [6.07, 6.45) is 4.46. The number of carbonyl (C=O) groups is 1. The highest BCUT2D eigenvalue weighted by Gasteiger charge is 2.37. The van der Waals surface area contributed by atoms with Crippen LogP contribution in [0.2, 0.25) is 0 Å². The van der Waals surface area contributed by atoms with Gasteiger partial charge in [-0.3, -0.25) is 4.79 Å². The number of benzene rings is 1. The fraction of sp³-hybridized carbons (Fsp3) is 0.588. The molecule has 2 N–H and O–H groups in total. The van der Waals surface area contributed by atoms with Gasteiger partial charge in [-0.15, -0.1) is 0 Å². The minimum Gasteiger partial charge on any atom is -0.319 e. The van der Waals surface area contributed by atoms with E-state index in [0.29, 0.717) is 12.3 Å². The van der Waals surface area contributed by atoms with Crippen LogP contribution in [0.5, 0.6) is 0 Å². The second-order valence-electron chi connectivity index (χ2n) is 6.33. The maximum absolute atomic E-state index is 12.6. The molecule has 0 aliphatic heterocycles. The molecular formula is C17H25NO. The van der Waals surface area contributed by atoms with Gasteiger partial charge < -0.3 is 5.73 Å². The Bertz CT molecular complexity index is 460. The highest BCUT2D eigenvalue weighted by atomic mass is 16.1. The molecule has 1 aliphatic rings. The van der Waals surface area contributed by atoms with Crippen molar-refractivity contribution in [3.8, 4) is 0 Å². The zero-order chi connectivity index (χ0) is 14.0. The van der Waals surface area contributed by atoms with Crippen LogP contribution >= 0.6 is 0 Å². The Morgan fingerprint density at radius 3 is 2.58 bits per heavy atom. The largest absolute Gasteiger partial charge is 0.319 e. The SMILES string of the molecule is Cc1cccc(C)c1CC(=O)C1(N)CCCC(C)C1. The topological polar surface area (TPSA) is 43.1 Å². The lowest BCUT2D eigenvalue weighted by atomic mass is 9.73. The minimum absolute atomic E-state index is 0.219. The number of carbonyl (C=O) groups excluding carboxylic acids is 1. The lowest BCUT2D eigenvalue weighted by molar-refractivity contribution is -0.125. The highest BCUT2D eigenvalue weighted by Crippen LogP contribution is 2.32. The van der Waals surface area contributed by atoms with Crippen LogP contribution < -0.4 is 5.73 Å². The summed E-state index contributed by atoms with van der Waals surface area (Å²) < 4.78 is 0. The van der Waals surface area contributed by atoms with Crippen LogP contribution in [0.15, 0.2) is 18.2 Å². The number of ketones is 1. The standard InChI is InChI=1S/C17H25NO/c1-12-6-5-9-17(18,11-12)16(19)10-15-13(2)7-4-8-14(15)3/h4,7-8,12H,5-6,9-11,18H2,1-3H3. The Morgan fingerprint density at radius 2 is 2.00 bits per heavy atom. The Labute approximate surface area is 116 Å². The maximum Gasteiger partial charge on any atom is 0.157 e. The summed E-state index contributed by atoms with van der Waals surface area (Å²) >= 11 is 0. The molecule has 1 aromatic carbocycles. The average Bonchev–Trinajstić information content (AvgIpc) is 2.33. The summed E-state index contributed by atoms with van der Waals surface area (Å²) in [7, 11) is 0. The van der Waals surface area contributed by atoms with Gasteiger partial charge in [0.15, 0.2) is 5.78 Å². The normalized spacial score (nSPS) is 27.3. The molecule has 0 heterocycles. The second kappa shape index (κ2) is 5.46. The van der Waals surface area contributed by atoms with Crippen molar-refractivity contribution < 1.29 is 4.79 Å². The van der Waals surface area contributed by atoms with Gasteiger partial charge in [0.25, 0.3) is 0 Å². The first-order valence-corrected chi connectivity index (χ1v) is 7.29. The van der Waals surface area contributed by atoms with Crippen LogP contribution in [0, 0.1) is 19.8 Å². The van der Waals surface area contributed by atoms with Crippen molar-refractivity contribution >= 4 is 5.78 Å². The van der Waals surface area contributed by atoms with E-state index in [1.54, 1.807) is 0 Å². The van der Waals surface area contributed by atoms with Crippen molar-refractivity contribution in [3.63, 3.8) is 0 Å². The molecule has 2 unspecified atom stereocenters. The van der Waals surface area contributed by atoms with E-state index < -0.39 is 5.54 Å². The van der Waals surface area contributed by atoms with Crippen molar-refractivity contribution in [2.45, 2.75) is 58.4 Å². The van der Waals surface area contributed by atoms with Gasteiger partial charge >= 0.3 is 0 Å². The van der Waals surface area contributed by atoms with E-state index in [0.717, 1.165) is 24.8 Å². The first-order valence-electron chi connectivity index (χ1n) is 7.29. The maximum atomic E-state index is 12.6. The third-order valence-electron chi connectivity index (χ3n) is 4.57. The van der Waals surface area contributed by atoms with Crippen LogP contribution in [0.3, 0.4) is 0 Å². The van der Waals surface area contributed by atoms with Gasteiger partial charge in [-0.2, -0.15) is 0 Å². The van der Waals surface area contributed by atoms with Crippen molar-refractivity contribution in [3.05, 3.63) is 34.9 Å². The molecule has 1 aromatic rings. The van der Waals surface area contributed by atoms with E-state index in [2.05, 4.69) is 32.9 Å². The monoisotopic (exact) mass is 259 g/mol. The van der Waals surface area contributed by atoms with E-state index in [9.17, 15) is 4.79 Å². The van der Waals surface area contributed by atoms with E-state index >= 15 is 0 Å². The summed E-state index contributed by atoms with van der Waals surface area (Å²) in [6, 6.07) is 6.18. The van der Waals surface area contributed by atoms with E-state index in [-0.39, 0.29) is 5.78 Å².